The van der Waals surface area contributed by atoms with E-state index in [4.69, 9.17) is 5.26 Å². The number of aliphatic hydroxyl groups excluding tert-OH is 1. The zero-order valence-electron chi connectivity index (χ0n) is 8.51. The highest BCUT2D eigenvalue weighted by atomic mass is 16.3. The number of benzene rings is 1. The van der Waals surface area contributed by atoms with E-state index in [9.17, 15) is 5.11 Å². The monoisotopic (exact) mass is 200 g/mol. The van der Waals surface area contributed by atoms with E-state index in [1.54, 1.807) is 0 Å². The summed E-state index contributed by atoms with van der Waals surface area (Å²) in [6.45, 7) is 0. The Bertz CT molecular complexity index is 522. The van der Waals surface area contributed by atoms with Gasteiger partial charge < -0.3 is 9.67 Å². The van der Waals surface area contributed by atoms with Gasteiger partial charge in [-0.2, -0.15) is 5.26 Å². The van der Waals surface area contributed by atoms with Gasteiger partial charge in [0.15, 0.2) is 0 Å². The summed E-state index contributed by atoms with van der Waals surface area (Å²) >= 11 is 0. The second-order valence-corrected chi connectivity index (χ2v) is 3.62. The van der Waals surface area contributed by atoms with Gasteiger partial charge in [0.25, 0.3) is 0 Å². The van der Waals surface area contributed by atoms with Crippen LogP contribution in [0.1, 0.15) is 18.1 Å². The van der Waals surface area contributed by atoms with Gasteiger partial charge in [0.1, 0.15) is 0 Å². The predicted octanol–water partition coefficient (Wildman–Crippen LogP) is 2.13. The molecule has 0 fully saturated rings. The first-order chi connectivity index (χ1) is 7.22. The SMILES string of the molecule is Cn1ccc2ccc(C(O)CC#N)cc21. The molecule has 0 aliphatic heterocycles. The van der Waals surface area contributed by atoms with Crippen molar-refractivity contribution in [1.82, 2.24) is 4.57 Å². The van der Waals surface area contributed by atoms with E-state index in [0.29, 0.717) is 0 Å². The molecule has 3 nitrogen and oxygen atoms in total. The Kier molecular flexibility index (Phi) is 2.44. The van der Waals surface area contributed by atoms with Gasteiger partial charge in [-0.15, -0.1) is 0 Å². The second-order valence-electron chi connectivity index (χ2n) is 3.62. The number of hydrogen-bond acceptors (Lipinski definition) is 2. The van der Waals surface area contributed by atoms with Crippen LogP contribution >= 0.6 is 0 Å². The van der Waals surface area contributed by atoms with Gasteiger partial charge in [0.2, 0.25) is 0 Å². The lowest BCUT2D eigenvalue weighted by atomic mass is 10.1. The highest BCUT2D eigenvalue weighted by Gasteiger charge is 2.08. The first kappa shape index (κ1) is 9.75. The van der Waals surface area contributed by atoms with Crippen LogP contribution in [0.4, 0.5) is 0 Å². The Labute approximate surface area is 88.2 Å². The molecule has 1 N–H and O–H groups in total. The van der Waals surface area contributed by atoms with Crippen molar-refractivity contribution in [3.63, 3.8) is 0 Å². The molecule has 0 spiro atoms. The minimum absolute atomic E-state index is 0.135. The van der Waals surface area contributed by atoms with Gasteiger partial charge in [-0.25, -0.2) is 0 Å². The average molecular weight is 200 g/mol. The van der Waals surface area contributed by atoms with Crippen molar-refractivity contribution in [2.45, 2.75) is 12.5 Å². The third-order valence-corrected chi connectivity index (χ3v) is 2.58. The Balaban J connectivity index is 2.46. The molecule has 15 heavy (non-hydrogen) atoms. The van der Waals surface area contributed by atoms with Crippen LogP contribution in [0, 0.1) is 11.3 Å². The van der Waals surface area contributed by atoms with Gasteiger partial charge in [0.05, 0.1) is 18.6 Å². The molecular weight excluding hydrogens is 188 g/mol. The predicted molar refractivity (Wildman–Crippen MR) is 58.1 cm³/mol. The summed E-state index contributed by atoms with van der Waals surface area (Å²) in [4.78, 5) is 0. The van der Waals surface area contributed by atoms with Crippen LogP contribution in [0.2, 0.25) is 0 Å². The molecule has 0 aliphatic rings. The molecule has 76 valence electrons. The minimum atomic E-state index is -0.686. The summed E-state index contributed by atoms with van der Waals surface area (Å²) in [6, 6.07) is 9.75. The lowest BCUT2D eigenvalue weighted by Crippen LogP contribution is -1.96. The molecule has 2 aromatic rings. The van der Waals surface area contributed by atoms with Crippen LogP contribution in [-0.2, 0) is 7.05 Å². The van der Waals surface area contributed by atoms with E-state index >= 15 is 0 Å². The topological polar surface area (TPSA) is 49.0 Å². The smallest absolute Gasteiger partial charge is 0.0920 e. The summed E-state index contributed by atoms with van der Waals surface area (Å²) < 4.78 is 2.00. The van der Waals surface area contributed by atoms with Gasteiger partial charge in [-0.1, -0.05) is 12.1 Å². The van der Waals surface area contributed by atoms with E-state index in [0.717, 1.165) is 16.5 Å². The Morgan fingerprint density at radius 1 is 1.47 bits per heavy atom. The maximum absolute atomic E-state index is 9.68. The first-order valence-electron chi connectivity index (χ1n) is 4.82. The Hall–Kier alpha value is -1.79. The van der Waals surface area contributed by atoms with Crippen molar-refractivity contribution < 1.29 is 5.11 Å². The number of aliphatic hydroxyl groups is 1. The van der Waals surface area contributed by atoms with Crippen molar-refractivity contribution >= 4 is 10.9 Å². The van der Waals surface area contributed by atoms with Crippen molar-refractivity contribution in [3.8, 4) is 6.07 Å². The molecule has 1 aromatic heterocycles. The zero-order chi connectivity index (χ0) is 10.8. The first-order valence-corrected chi connectivity index (χ1v) is 4.82. The van der Waals surface area contributed by atoms with E-state index < -0.39 is 6.10 Å². The molecule has 2 rings (SSSR count). The van der Waals surface area contributed by atoms with Crippen molar-refractivity contribution in [2.75, 3.05) is 0 Å². The molecule has 0 radical (unpaired) electrons. The maximum atomic E-state index is 9.68. The van der Waals surface area contributed by atoms with Gasteiger partial charge in [0, 0.05) is 18.8 Å². The molecule has 1 unspecified atom stereocenters. The average Bonchev–Trinajstić information content (AvgIpc) is 2.60. The number of fused-ring (bicyclic) bond motifs is 1. The molecule has 3 heteroatoms. The van der Waals surface area contributed by atoms with Crippen LogP contribution in [0.3, 0.4) is 0 Å². The van der Waals surface area contributed by atoms with Crippen molar-refractivity contribution in [1.29, 1.82) is 5.26 Å². The van der Waals surface area contributed by atoms with Crippen molar-refractivity contribution in [3.05, 3.63) is 36.0 Å². The summed E-state index contributed by atoms with van der Waals surface area (Å²) in [5, 5.41) is 19.3. The summed E-state index contributed by atoms with van der Waals surface area (Å²) in [6.07, 6.45) is 1.43. The van der Waals surface area contributed by atoms with Crippen molar-refractivity contribution in [2.24, 2.45) is 7.05 Å². The van der Waals surface area contributed by atoms with Crippen LogP contribution in [0.25, 0.3) is 10.9 Å². The molecular formula is C12H12N2O. The Morgan fingerprint density at radius 2 is 2.27 bits per heavy atom. The quantitative estimate of drug-likeness (QED) is 0.807. The minimum Gasteiger partial charge on any atom is -0.387 e. The van der Waals surface area contributed by atoms with Gasteiger partial charge >= 0.3 is 0 Å². The van der Waals surface area contributed by atoms with E-state index in [1.165, 1.54) is 0 Å². The molecule has 1 heterocycles. The van der Waals surface area contributed by atoms with Gasteiger partial charge in [-0.05, 0) is 23.1 Å². The van der Waals surface area contributed by atoms with Crippen LogP contribution in [0.15, 0.2) is 30.5 Å². The normalized spacial score (nSPS) is 12.6. The second kappa shape index (κ2) is 3.76. The fourth-order valence-corrected chi connectivity index (χ4v) is 1.69. The number of hydrogen-bond donors (Lipinski definition) is 1. The number of nitriles is 1. The third-order valence-electron chi connectivity index (χ3n) is 2.58. The Morgan fingerprint density at radius 3 is 3.00 bits per heavy atom. The summed E-state index contributed by atoms with van der Waals surface area (Å²) in [5.74, 6) is 0. The fraction of sp³-hybridized carbons (Fsp3) is 0.250. The van der Waals surface area contributed by atoms with Gasteiger partial charge in [-0.3, -0.25) is 0 Å². The summed E-state index contributed by atoms with van der Waals surface area (Å²) in [7, 11) is 1.96. The molecule has 0 aliphatic carbocycles. The van der Waals surface area contributed by atoms with Crippen LogP contribution < -0.4 is 0 Å². The molecule has 0 bridgehead atoms. The van der Waals surface area contributed by atoms with E-state index in [1.807, 2.05) is 48.1 Å². The highest BCUT2D eigenvalue weighted by molar-refractivity contribution is 5.80. The standard InChI is InChI=1S/C12H12N2O/c1-14-7-5-9-2-3-10(8-11(9)14)12(15)4-6-13/h2-3,5,7-8,12,15H,4H2,1H3. The fourth-order valence-electron chi connectivity index (χ4n) is 1.69. The molecule has 0 saturated heterocycles. The van der Waals surface area contributed by atoms with E-state index in [-0.39, 0.29) is 6.42 Å². The largest absolute Gasteiger partial charge is 0.387 e. The third kappa shape index (κ3) is 1.72. The molecule has 0 amide bonds. The maximum Gasteiger partial charge on any atom is 0.0920 e. The number of nitrogens with zero attached hydrogens (tertiary/aromatic N) is 2. The zero-order valence-corrected chi connectivity index (χ0v) is 8.51. The number of rotatable bonds is 2. The molecule has 0 saturated carbocycles. The molecule has 1 aromatic carbocycles. The summed E-state index contributed by atoms with van der Waals surface area (Å²) in [5.41, 5.74) is 1.87. The molecule has 1 atom stereocenters. The number of aromatic nitrogens is 1. The lowest BCUT2D eigenvalue weighted by Gasteiger charge is -2.07. The highest BCUT2D eigenvalue weighted by Crippen LogP contribution is 2.22. The van der Waals surface area contributed by atoms with Crippen LogP contribution in [-0.4, -0.2) is 9.67 Å². The lowest BCUT2D eigenvalue weighted by molar-refractivity contribution is 0.183. The van der Waals surface area contributed by atoms with Crippen LogP contribution in [0.5, 0.6) is 0 Å². The number of aryl methyl sites for hydroxylation is 1. The van der Waals surface area contributed by atoms with E-state index in [2.05, 4.69) is 0 Å².